The van der Waals surface area contributed by atoms with Crippen LogP contribution in [-0.2, 0) is 46.5 Å². The summed E-state index contributed by atoms with van der Waals surface area (Å²) in [5.41, 5.74) is 0. The predicted molar refractivity (Wildman–Crippen MR) is 259 cm³/mol. The van der Waals surface area contributed by atoms with Gasteiger partial charge in [0.15, 0.2) is 6.10 Å². The van der Waals surface area contributed by atoms with Gasteiger partial charge in [-0.15, -0.1) is 0 Å². The Hall–Kier alpha value is -2.08. The number of phosphoric acid groups is 2. The molecule has 1 aliphatic carbocycles. The van der Waals surface area contributed by atoms with E-state index in [2.05, 4.69) is 54.8 Å². The van der Waals surface area contributed by atoms with Crippen LogP contribution in [0.3, 0.4) is 0 Å². The van der Waals surface area contributed by atoms with Gasteiger partial charge in [-0.2, -0.15) is 0 Å². The predicted octanol–water partition coefficient (Wildman–Crippen LogP) is 9.05. The van der Waals surface area contributed by atoms with Gasteiger partial charge in [-0.3, -0.25) is 23.2 Å². The van der Waals surface area contributed by atoms with Gasteiger partial charge in [0.2, 0.25) is 0 Å². The summed E-state index contributed by atoms with van der Waals surface area (Å²) in [6, 6.07) is 0. The second kappa shape index (κ2) is 36.8. The Labute approximate surface area is 405 Å². The van der Waals surface area contributed by atoms with Crippen molar-refractivity contribution < 1.29 is 81.6 Å². The van der Waals surface area contributed by atoms with E-state index in [1.807, 2.05) is 12.2 Å². The van der Waals surface area contributed by atoms with Gasteiger partial charge in [-0.1, -0.05) is 146 Å². The lowest BCUT2D eigenvalue weighted by Gasteiger charge is -2.43. The highest BCUT2D eigenvalue weighted by atomic mass is 31.2. The average Bonchev–Trinajstić information content (AvgIpc) is 4.05. The highest BCUT2D eigenvalue weighted by Gasteiger charge is 2.54. The molecule has 17 nitrogen and oxygen atoms in total. The Bertz CT molecular complexity index is 1570. The van der Waals surface area contributed by atoms with Crippen LogP contribution in [0.15, 0.2) is 48.6 Å². The number of hydrogen-bond acceptors (Lipinski definition) is 14. The van der Waals surface area contributed by atoms with Crippen molar-refractivity contribution in [3.63, 3.8) is 0 Å². The number of aliphatic hydroxyl groups excluding tert-OH is 4. The van der Waals surface area contributed by atoms with Gasteiger partial charge in [0.05, 0.1) is 18.8 Å². The van der Waals surface area contributed by atoms with Crippen LogP contribution < -0.4 is 0 Å². The Morgan fingerprint density at radius 2 is 1.04 bits per heavy atom. The van der Waals surface area contributed by atoms with Crippen molar-refractivity contribution in [2.24, 2.45) is 0 Å². The molecule has 0 amide bonds. The molecule has 0 bridgehead atoms. The fraction of sp³-hybridized carbons (Fsp3) is 0.796. The first-order valence-electron chi connectivity index (χ1n) is 25.3. The Morgan fingerprint density at radius 1 is 0.544 bits per heavy atom. The molecule has 2 aliphatic rings. The lowest BCUT2D eigenvalue weighted by atomic mass is 9.85. The number of carbonyl (C=O) groups is 2. The van der Waals surface area contributed by atoms with Gasteiger partial charge in [-0.05, 0) is 70.6 Å². The standard InChI is InChI=1S/C49H86O17P2/c1-3-5-7-8-9-10-11-12-13-14-15-16-17-21-24-27-31-35-42(50)61-37-39(38-62-68(59,60)66-49-46(54)44(52)45(53)48(47(49)55)65-67(56,57)58)63-43(51)36-32-28-25-22-19-18-20-23-26-30-34-41-40(64-41)33-29-6-4-2/h12-13,18,20,22,25-26,30,39-41,44-49,52-55H,3-11,14-17,19,21,23-24,27-29,31-38H2,1-2H3,(H,59,60)(H2,56,57,58)/b13-12-,20-18-,25-22-,30-26-/t39-,40?,41?,44?,45?,46?,47?,48-,49+/m1/s1. The van der Waals surface area contributed by atoms with Crippen molar-refractivity contribution in [1.82, 2.24) is 0 Å². The van der Waals surface area contributed by atoms with Gasteiger partial charge >= 0.3 is 27.6 Å². The zero-order valence-electron chi connectivity index (χ0n) is 40.7. The molecular formula is C49H86O17P2. The number of epoxide rings is 1. The molecule has 7 N–H and O–H groups in total. The van der Waals surface area contributed by atoms with E-state index in [0.29, 0.717) is 31.5 Å². The normalized spacial score (nSPS) is 24.6. The zero-order chi connectivity index (χ0) is 50.0. The molecule has 1 saturated carbocycles. The maximum absolute atomic E-state index is 13.0. The van der Waals surface area contributed by atoms with Crippen molar-refractivity contribution in [1.29, 1.82) is 0 Å². The molecule has 1 heterocycles. The number of esters is 2. The summed E-state index contributed by atoms with van der Waals surface area (Å²) in [6.45, 7) is 3.03. The van der Waals surface area contributed by atoms with Crippen molar-refractivity contribution in [2.45, 2.75) is 236 Å². The number of carbonyl (C=O) groups excluding carboxylic acids is 2. The van der Waals surface area contributed by atoms with Crippen molar-refractivity contribution in [2.75, 3.05) is 13.2 Å². The summed E-state index contributed by atoms with van der Waals surface area (Å²) in [4.78, 5) is 54.4. The molecule has 7 unspecified atom stereocenters. The quantitative estimate of drug-likeness (QED) is 0.00989. The molecule has 10 atom stereocenters. The van der Waals surface area contributed by atoms with Gasteiger partial charge < -0.3 is 49.3 Å². The third-order valence-corrected chi connectivity index (χ3v) is 13.3. The van der Waals surface area contributed by atoms with Crippen molar-refractivity contribution in [3.8, 4) is 0 Å². The number of rotatable bonds is 41. The SMILES string of the molecule is CCCCCCCC/C=C\CCCCCCCCCC(=O)OC[C@H](COP(=O)(O)O[C@H]1C(O)C(O)C(O)[C@@H](OP(=O)(O)O)C1O)OC(=O)CCC/C=C\C/C=C\C/C=C\CC1OC1CCCCC. The van der Waals surface area contributed by atoms with E-state index in [0.717, 1.165) is 77.0 Å². The second-order valence-corrected chi connectivity index (χ2v) is 20.5. The van der Waals surface area contributed by atoms with Gasteiger partial charge in [0.25, 0.3) is 0 Å². The molecule has 2 rings (SSSR count). The highest BCUT2D eigenvalue weighted by molar-refractivity contribution is 7.47. The van der Waals surface area contributed by atoms with Gasteiger partial charge in [0.1, 0.15) is 43.2 Å². The molecule has 0 aromatic carbocycles. The molecule has 0 aromatic heterocycles. The Kier molecular flexibility index (Phi) is 33.6. The first-order valence-corrected chi connectivity index (χ1v) is 28.3. The van der Waals surface area contributed by atoms with E-state index in [4.69, 9.17) is 23.3 Å². The van der Waals surface area contributed by atoms with Crippen LogP contribution in [0.5, 0.6) is 0 Å². The molecule has 0 radical (unpaired) electrons. The van der Waals surface area contributed by atoms with Crippen LogP contribution >= 0.6 is 15.6 Å². The molecule has 394 valence electrons. The highest BCUT2D eigenvalue weighted by Crippen LogP contribution is 2.49. The second-order valence-electron chi connectivity index (χ2n) is 17.9. The zero-order valence-corrected chi connectivity index (χ0v) is 42.5. The lowest BCUT2D eigenvalue weighted by molar-refractivity contribution is -0.216. The van der Waals surface area contributed by atoms with E-state index < -0.39 is 83.5 Å². The molecule has 19 heteroatoms. The summed E-state index contributed by atoms with van der Waals surface area (Å²) in [6.07, 6.45) is 28.1. The first-order chi connectivity index (χ1) is 32.6. The number of phosphoric ester groups is 2. The fourth-order valence-corrected chi connectivity index (χ4v) is 9.29. The summed E-state index contributed by atoms with van der Waals surface area (Å²) in [5.74, 6) is -1.28. The van der Waals surface area contributed by atoms with E-state index in [-0.39, 0.29) is 12.8 Å². The van der Waals surface area contributed by atoms with Gasteiger partial charge in [-0.25, -0.2) is 9.13 Å². The maximum Gasteiger partial charge on any atom is 0.472 e. The smallest absolute Gasteiger partial charge is 0.462 e. The van der Waals surface area contributed by atoms with Crippen LogP contribution in [0.4, 0.5) is 0 Å². The van der Waals surface area contributed by atoms with Crippen LogP contribution in [0, 0.1) is 0 Å². The van der Waals surface area contributed by atoms with E-state index in [1.54, 1.807) is 0 Å². The van der Waals surface area contributed by atoms with Crippen molar-refractivity contribution in [3.05, 3.63) is 48.6 Å². The van der Waals surface area contributed by atoms with Crippen molar-refractivity contribution >= 4 is 27.6 Å². The molecule has 2 fully saturated rings. The number of hydrogen-bond donors (Lipinski definition) is 7. The number of aliphatic hydroxyl groups is 4. The molecule has 0 aromatic rings. The van der Waals surface area contributed by atoms with E-state index in [1.165, 1.54) is 57.8 Å². The molecule has 0 spiro atoms. The Balaban J connectivity index is 1.79. The molecule has 68 heavy (non-hydrogen) atoms. The third-order valence-electron chi connectivity index (χ3n) is 11.8. The van der Waals surface area contributed by atoms with Crippen LogP contribution in [0.1, 0.15) is 181 Å². The number of unbranched alkanes of at least 4 members (excludes halogenated alkanes) is 16. The average molecular weight is 1010 g/mol. The minimum Gasteiger partial charge on any atom is -0.462 e. The minimum atomic E-state index is -5.37. The number of allylic oxidation sites excluding steroid dienone is 7. The third kappa shape index (κ3) is 29.9. The summed E-state index contributed by atoms with van der Waals surface area (Å²) < 4.78 is 55.1. The molecule has 1 aliphatic heterocycles. The molecular weight excluding hydrogens is 922 g/mol. The molecule has 1 saturated heterocycles. The maximum atomic E-state index is 13.0. The summed E-state index contributed by atoms with van der Waals surface area (Å²) in [7, 11) is -10.7. The van der Waals surface area contributed by atoms with Crippen LogP contribution in [-0.4, -0.2) is 115 Å². The number of ether oxygens (including phenoxy) is 3. The minimum absolute atomic E-state index is 0.0372. The topological polar surface area (TPSA) is 269 Å². The lowest BCUT2D eigenvalue weighted by Crippen LogP contribution is -2.64. The van der Waals surface area contributed by atoms with E-state index >= 15 is 0 Å². The largest absolute Gasteiger partial charge is 0.472 e. The van der Waals surface area contributed by atoms with Crippen LogP contribution in [0.25, 0.3) is 0 Å². The van der Waals surface area contributed by atoms with Crippen LogP contribution in [0.2, 0.25) is 0 Å². The van der Waals surface area contributed by atoms with Gasteiger partial charge in [0, 0.05) is 12.8 Å². The van der Waals surface area contributed by atoms with E-state index in [9.17, 15) is 53.8 Å². The summed E-state index contributed by atoms with van der Waals surface area (Å²) in [5, 5.41) is 41.3. The summed E-state index contributed by atoms with van der Waals surface area (Å²) >= 11 is 0. The fourth-order valence-electron chi connectivity index (χ4n) is 7.75. The first kappa shape index (κ1) is 62.0. The monoisotopic (exact) mass is 1010 g/mol. The Morgan fingerprint density at radius 3 is 1.66 bits per heavy atom.